The molecule has 102 valence electrons. The van der Waals surface area contributed by atoms with Crippen molar-refractivity contribution in [3.05, 3.63) is 62.9 Å². The van der Waals surface area contributed by atoms with Gasteiger partial charge >= 0.3 is 5.69 Å². The number of benzene rings is 1. The van der Waals surface area contributed by atoms with Crippen molar-refractivity contribution >= 4 is 23.1 Å². The van der Waals surface area contributed by atoms with Crippen LogP contribution in [0.4, 0.5) is 10.1 Å². The van der Waals surface area contributed by atoms with Crippen LogP contribution in [0.1, 0.15) is 16.1 Å². The predicted octanol–water partition coefficient (Wildman–Crippen LogP) is 2.60. The second-order valence-electron chi connectivity index (χ2n) is 3.81. The van der Waals surface area contributed by atoms with E-state index in [-0.39, 0.29) is 17.3 Å². The number of hydrogen-bond donors (Lipinski definition) is 0. The minimum absolute atomic E-state index is 0.0326. The molecular weight excluding hydrogens is 289 g/mol. The molecule has 2 aromatic rings. The molecule has 1 heterocycles. The van der Waals surface area contributed by atoms with E-state index in [4.69, 9.17) is 11.6 Å². The van der Waals surface area contributed by atoms with Crippen molar-refractivity contribution in [2.75, 3.05) is 0 Å². The van der Waals surface area contributed by atoms with Gasteiger partial charge in [0.2, 0.25) is 11.1 Å². The second-order valence-corrected chi connectivity index (χ2v) is 4.15. The van der Waals surface area contributed by atoms with E-state index in [1.807, 2.05) is 0 Å². The van der Waals surface area contributed by atoms with Gasteiger partial charge in [0.1, 0.15) is 0 Å². The van der Waals surface area contributed by atoms with Gasteiger partial charge in [-0.2, -0.15) is 4.39 Å². The number of carbonyl (C=O) groups excluding carboxylic acids is 1. The molecule has 8 heteroatoms. The number of carbonyl (C=O) groups is 1. The zero-order chi connectivity index (χ0) is 14.7. The number of ketones is 1. The molecule has 0 bridgehead atoms. The number of halogens is 2. The molecule has 0 fully saturated rings. The normalized spacial score (nSPS) is 10.3. The lowest BCUT2D eigenvalue weighted by Gasteiger charge is -2.03. The first-order valence-corrected chi connectivity index (χ1v) is 5.80. The summed E-state index contributed by atoms with van der Waals surface area (Å²) in [6.07, 6.45) is 1.14. The van der Waals surface area contributed by atoms with Gasteiger partial charge in [-0.3, -0.25) is 14.9 Å². The number of aromatic nitrogens is 2. The van der Waals surface area contributed by atoms with Gasteiger partial charge in [0, 0.05) is 12.3 Å². The first-order valence-electron chi connectivity index (χ1n) is 5.42. The van der Waals surface area contributed by atoms with Crippen LogP contribution in [0.2, 0.25) is 5.28 Å². The molecule has 0 aliphatic carbocycles. The fourth-order valence-electron chi connectivity index (χ4n) is 1.60. The summed E-state index contributed by atoms with van der Waals surface area (Å²) in [6, 6.07) is 4.89. The molecule has 1 aromatic heterocycles. The van der Waals surface area contributed by atoms with E-state index < -0.39 is 22.2 Å². The smallest absolute Gasteiger partial charge is 0.294 e. The van der Waals surface area contributed by atoms with E-state index in [1.165, 1.54) is 24.4 Å². The monoisotopic (exact) mass is 295 g/mol. The van der Waals surface area contributed by atoms with E-state index >= 15 is 0 Å². The van der Waals surface area contributed by atoms with Crippen LogP contribution < -0.4 is 0 Å². The van der Waals surface area contributed by atoms with Crippen LogP contribution in [0.15, 0.2) is 30.5 Å². The molecule has 0 aliphatic heterocycles. The summed E-state index contributed by atoms with van der Waals surface area (Å²) in [5, 5.41) is 10.6. The number of nitrogens with zero attached hydrogens (tertiary/aromatic N) is 3. The fraction of sp³-hybridized carbons (Fsp3) is 0.0833. The Morgan fingerprint density at radius 2 is 2.15 bits per heavy atom. The first kappa shape index (κ1) is 14.0. The standard InChI is InChI=1S/C12H7ClFN3O3/c13-12-15-5-4-7(16-12)6-10(18)8-2-1-3-9(11(8)14)17(19)20/h1-5H,6H2. The Morgan fingerprint density at radius 3 is 2.80 bits per heavy atom. The molecule has 0 amide bonds. The quantitative estimate of drug-likeness (QED) is 0.374. The van der Waals surface area contributed by atoms with E-state index in [2.05, 4.69) is 9.97 Å². The Hall–Kier alpha value is -2.41. The molecule has 0 N–H and O–H groups in total. The summed E-state index contributed by atoms with van der Waals surface area (Å²) in [5.74, 6) is -1.77. The van der Waals surface area contributed by atoms with E-state index in [0.29, 0.717) is 5.69 Å². The van der Waals surface area contributed by atoms with Crippen molar-refractivity contribution in [1.29, 1.82) is 0 Å². The molecule has 0 radical (unpaired) electrons. The highest BCUT2D eigenvalue weighted by atomic mass is 35.5. The van der Waals surface area contributed by atoms with E-state index in [0.717, 1.165) is 6.07 Å². The van der Waals surface area contributed by atoms with Gasteiger partial charge in [-0.05, 0) is 23.7 Å². The third kappa shape index (κ3) is 2.94. The molecule has 0 spiro atoms. The SMILES string of the molecule is O=C(Cc1ccnc(Cl)n1)c1cccc([N+](=O)[O-])c1F. The first-order chi connectivity index (χ1) is 9.49. The van der Waals surface area contributed by atoms with Crippen molar-refractivity contribution < 1.29 is 14.1 Å². The summed E-state index contributed by atoms with van der Waals surface area (Å²) in [6.45, 7) is 0. The van der Waals surface area contributed by atoms with Gasteiger partial charge < -0.3 is 0 Å². The van der Waals surface area contributed by atoms with Gasteiger partial charge in [-0.15, -0.1) is 0 Å². The zero-order valence-electron chi connectivity index (χ0n) is 9.92. The van der Waals surface area contributed by atoms with E-state index in [1.54, 1.807) is 0 Å². The Bertz CT molecular complexity index is 693. The third-order valence-electron chi connectivity index (χ3n) is 2.50. The number of Topliss-reactive ketones (excluding diaryl/α,β-unsaturated/α-hetero) is 1. The summed E-state index contributed by atoms with van der Waals surface area (Å²) >= 11 is 5.58. The van der Waals surface area contributed by atoms with Crippen molar-refractivity contribution in [1.82, 2.24) is 9.97 Å². The number of rotatable bonds is 4. The molecule has 0 saturated heterocycles. The predicted molar refractivity (Wildman–Crippen MR) is 68.1 cm³/mol. The van der Waals surface area contributed by atoms with Crippen molar-refractivity contribution in [3.63, 3.8) is 0 Å². The Labute approximate surface area is 117 Å². The molecule has 2 rings (SSSR count). The van der Waals surface area contributed by atoms with Crippen LogP contribution in [-0.4, -0.2) is 20.7 Å². The maximum Gasteiger partial charge on any atom is 0.305 e. The third-order valence-corrected chi connectivity index (χ3v) is 2.68. The van der Waals surface area contributed by atoms with Crippen LogP contribution in [0.3, 0.4) is 0 Å². The molecule has 1 aromatic carbocycles. The minimum Gasteiger partial charge on any atom is -0.294 e. The molecule has 0 unspecified atom stereocenters. The van der Waals surface area contributed by atoms with Crippen LogP contribution in [0.25, 0.3) is 0 Å². The van der Waals surface area contributed by atoms with Crippen molar-refractivity contribution in [2.45, 2.75) is 6.42 Å². The maximum absolute atomic E-state index is 13.8. The molecule has 6 nitrogen and oxygen atoms in total. The summed E-state index contributed by atoms with van der Waals surface area (Å²) in [5.41, 5.74) is -0.786. The Morgan fingerprint density at radius 1 is 1.40 bits per heavy atom. The lowest BCUT2D eigenvalue weighted by molar-refractivity contribution is -0.387. The molecule has 0 saturated carbocycles. The Balaban J connectivity index is 2.30. The van der Waals surface area contributed by atoms with Gasteiger partial charge in [-0.25, -0.2) is 9.97 Å². The van der Waals surface area contributed by atoms with E-state index in [9.17, 15) is 19.3 Å². The zero-order valence-corrected chi connectivity index (χ0v) is 10.7. The fourth-order valence-corrected chi connectivity index (χ4v) is 1.77. The summed E-state index contributed by atoms with van der Waals surface area (Å²) in [7, 11) is 0. The van der Waals surface area contributed by atoms with Gasteiger partial charge in [0.05, 0.1) is 22.6 Å². The molecule has 0 atom stereocenters. The van der Waals surface area contributed by atoms with Crippen LogP contribution in [-0.2, 0) is 6.42 Å². The van der Waals surface area contributed by atoms with Crippen LogP contribution >= 0.6 is 11.6 Å². The second kappa shape index (κ2) is 5.70. The van der Waals surface area contributed by atoms with Gasteiger partial charge in [0.15, 0.2) is 5.78 Å². The average Bonchev–Trinajstić information content (AvgIpc) is 2.38. The molecule has 0 aliphatic rings. The number of nitro groups is 1. The van der Waals surface area contributed by atoms with Crippen LogP contribution in [0, 0.1) is 15.9 Å². The van der Waals surface area contributed by atoms with Gasteiger partial charge in [-0.1, -0.05) is 6.07 Å². The van der Waals surface area contributed by atoms with Crippen LogP contribution in [0.5, 0.6) is 0 Å². The average molecular weight is 296 g/mol. The minimum atomic E-state index is -1.15. The topological polar surface area (TPSA) is 86.0 Å². The highest BCUT2D eigenvalue weighted by Gasteiger charge is 2.21. The molecular formula is C12H7ClFN3O3. The van der Waals surface area contributed by atoms with Crippen molar-refractivity contribution in [3.8, 4) is 0 Å². The highest BCUT2D eigenvalue weighted by molar-refractivity contribution is 6.28. The lowest BCUT2D eigenvalue weighted by atomic mass is 10.1. The summed E-state index contributed by atoms with van der Waals surface area (Å²) in [4.78, 5) is 29.1. The molecule has 20 heavy (non-hydrogen) atoms. The highest BCUT2D eigenvalue weighted by Crippen LogP contribution is 2.21. The Kier molecular flexibility index (Phi) is 3.99. The summed E-state index contributed by atoms with van der Waals surface area (Å²) < 4.78 is 13.8. The maximum atomic E-state index is 13.8. The number of nitro benzene ring substituents is 1. The largest absolute Gasteiger partial charge is 0.305 e. The lowest BCUT2D eigenvalue weighted by Crippen LogP contribution is -2.09. The number of hydrogen-bond acceptors (Lipinski definition) is 5. The van der Waals surface area contributed by atoms with Crippen molar-refractivity contribution in [2.24, 2.45) is 0 Å². The van der Waals surface area contributed by atoms with Gasteiger partial charge in [0.25, 0.3) is 0 Å².